The monoisotopic (exact) mass is 1220 g/mol. The molecule has 17 N–H and O–H groups in total. The van der Waals surface area contributed by atoms with Gasteiger partial charge >= 0.3 is 24.7 Å². The molecule has 0 aromatic heterocycles. The standard InChI is InChI=1S/C7H17N.C6H14.C5H6F6O2.C5H2F6O2.2Eu.3HNO3.6H2O/c1-7(2)5-6-8(3)4;1-4-5-6(2)3;2*6-4(7,8)2(12)1-3(13)5(9,10)11;;;3*2-1(3)4;;;;;;/h7H,5-6H2,1-4H3;6H,4-5H2,1-3H3;2-3,12-13H,1H2;1H2;;;3*(H,2,3,4);6*1H2. The molecule has 0 aliphatic heterocycles. The van der Waals surface area contributed by atoms with Gasteiger partial charge in [-0.1, -0.05) is 47.5 Å². The molecule has 60 heavy (non-hydrogen) atoms. The van der Waals surface area contributed by atoms with Gasteiger partial charge in [0.05, 0.1) is 6.42 Å². The van der Waals surface area contributed by atoms with Crippen LogP contribution in [0.4, 0.5) is 52.7 Å². The number of hydrogen-bond donors (Lipinski definition) is 5. The van der Waals surface area contributed by atoms with Gasteiger partial charge in [-0.05, 0) is 38.9 Å². The van der Waals surface area contributed by atoms with E-state index < -0.39 is 76.6 Å². The van der Waals surface area contributed by atoms with Crippen molar-refractivity contribution in [3.05, 3.63) is 30.3 Å². The van der Waals surface area contributed by atoms with Gasteiger partial charge in [-0.2, -0.15) is 52.7 Å². The summed E-state index contributed by atoms with van der Waals surface area (Å²) >= 11 is 0. The zero-order valence-corrected chi connectivity index (χ0v) is 37.0. The Kier molecular flexibility index (Phi) is 92.3. The molecule has 2 unspecified atom stereocenters. The molecule has 378 valence electrons. The van der Waals surface area contributed by atoms with Crippen LogP contribution in [0.5, 0.6) is 0 Å². The van der Waals surface area contributed by atoms with Crippen molar-refractivity contribution in [2.24, 2.45) is 11.8 Å². The number of hydrogen-bond acceptors (Lipinski definition) is 11. The van der Waals surface area contributed by atoms with Crippen molar-refractivity contribution in [2.75, 3.05) is 20.6 Å². The first-order valence-electron chi connectivity index (χ1n) is 13.5. The van der Waals surface area contributed by atoms with Gasteiger partial charge in [-0.25, -0.2) is 0 Å². The van der Waals surface area contributed by atoms with Crippen LogP contribution in [0, 0.1) is 141 Å². The molecule has 0 fully saturated rings. The summed E-state index contributed by atoms with van der Waals surface area (Å²) in [7, 11) is 4.23. The Morgan fingerprint density at radius 2 is 0.767 bits per heavy atom. The largest absolute Gasteiger partial charge is 0.450 e. The minimum absolute atomic E-state index is 0. The Hall–Kier alpha value is -1.09. The Labute approximate surface area is 414 Å². The SMILES string of the molecule is CC(C)CCN(C)C.CCCC(C)C.O.O.O.O.O.O.O=C(CC(=O)C(F)(F)F)C(F)(F)F.O=[N+]([O-])O.O=[N+]([O-])O.O=[N+]([O-])O.OC(CC(O)C(F)(F)F)C(F)(F)F.[Eu].[Eu]. The fourth-order valence-electron chi connectivity index (χ4n) is 1.92. The van der Waals surface area contributed by atoms with Crippen molar-refractivity contribution in [1.82, 2.24) is 4.90 Å². The summed E-state index contributed by atoms with van der Waals surface area (Å²) in [5.41, 5.74) is 0. The minimum atomic E-state index is -5.40. The molecule has 0 saturated heterocycles. The van der Waals surface area contributed by atoms with Crippen LogP contribution in [0.2, 0.25) is 0 Å². The van der Waals surface area contributed by atoms with Gasteiger partial charge in [0.25, 0.3) is 15.3 Å². The number of nitrogens with zero attached hydrogens (tertiary/aromatic N) is 4. The number of halogens is 12. The number of aliphatic hydroxyl groups excluding tert-OH is 2. The number of Topliss-reactive ketones (excluding diaryl/α,β-unsaturated/α-hetero) is 2. The molecule has 0 heterocycles. The molecule has 2 radical (unpaired) electrons. The third kappa shape index (κ3) is 118. The molecule has 0 amide bonds. The fraction of sp³-hybridized carbons (Fsp3) is 0.913. The van der Waals surface area contributed by atoms with E-state index in [2.05, 4.69) is 53.6 Å². The molecule has 0 aliphatic rings. The van der Waals surface area contributed by atoms with E-state index in [1.165, 1.54) is 25.8 Å². The zero-order chi connectivity index (χ0) is 44.0. The Balaban J connectivity index is -0.0000000311. The van der Waals surface area contributed by atoms with Crippen LogP contribution in [-0.4, -0.2) is 148 Å². The van der Waals surface area contributed by atoms with E-state index in [4.69, 9.17) is 56.2 Å². The first kappa shape index (κ1) is 102. The molecule has 0 aromatic carbocycles. The molecule has 23 nitrogen and oxygen atoms in total. The maximum absolute atomic E-state index is 11.5. The maximum Gasteiger partial charge on any atom is 0.450 e. The smallest absolute Gasteiger partial charge is 0.412 e. The first-order chi connectivity index (χ1) is 22.7. The van der Waals surface area contributed by atoms with E-state index >= 15 is 0 Å². The molecule has 0 aliphatic carbocycles. The molecule has 0 bridgehead atoms. The molecule has 2 atom stereocenters. The molecular formula is C23H54Eu2F12N4O19. The van der Waals surface area contributed by atoms with Crippen molar-refractivity contribution in [2.45, 2.75) is 104 Å². The van der Waals surface area contributed by atoms with Crippen LogP contribution < -0.4 is 0 Å². The number of carbonyl (C=O) groups is 2. The van der Waals surface area contributed by atoms with Crippen LogP contribution in [0.15, 0.2) is 0 Å². The number of carbonyl (C=O) groups excluding carboxylic acids is 2. The van der Waals surface area contributed by atoms with Crippen molar-refractivity contribution < 1.29 is 235 Å². The maximum atomic E-state index is 11.5. The molecule has 0 rings (SSSR count). The Bertz CT molecular complexity index is 896. The summed E-state index contributed by atoms with van der Waals surface area (Å²) < 4.78 is 137. The summed E-state index contributed by atoms with van der Waals surface area (Å²) in [6.07, 6.45) is -27.4. The molecule has 0 aromatic rings. The molecular weight excluding hydrogens is 1170 g/mol. The average Bonchev–Trinajstić information content (AvgIpc) is 2.85. The van der Waals surface area contributed by atoms with Crippen LogP contribution in [-0.2, 0) is 9.59 Å². The normalized spacial score (nSPS) is 10.5. The summed E-state index contributed by atoms with van der Waals surface area (Å²) in [5, 5.41) is 57.2. The molecule has 0 saturated carbocycles. The topological polar surface area (TPSA) is 457 Å². The molecule has 37 heteroatoms. The minimum Gasteiger partial charge on any atom is -0.412 e. The number of rotatable bonds is 9. The summed E-state index contributed by atoms with van der Waals surface area (Å²) in [5.74, 6) is -3.66. The van der Waals surface area contributed by atoms with Crippen molar-refractivity contribution in [3.63, 3.8) is 0 Å². The van der Waals surface area contributed by atoms with Crippen LogP contribution in [0.25, 0.3) is 0 Å². The second kappa shape index (κ2) is 54.0. The third-order valence-electron chi connectivity index (χ3n) is 4.18. The average molecular weight is 1220 g/mol. The third-order valence-corrected chi connectivity index (χ3v) is 4.18. The number of alkyl halides is 12. The van der Waals surface area contributed by atoms with Crippen molar-refractivity contribution >= 4 is 11.6 Å². The Morgan fingerprint density at radius 3 is 0.850 bits per heavy atom. The summed E-state index contributed by atoms with van der Waals surface area (Å²) in [6, 6.07) is 0. The predicted octanol–water partition coefficient (Wildman–Crippen LogP) is 0.908. The van der Waals surface area contributed by atoms with Crippen LogP contribution in [0.3, 0.4) is 0 Å². The van der Waals surface area contributed by atoms with Gasteiger partial charge in [0, 0.05) is 105 Å². The van der Waals surface area contributed by atoms with Gasteiger partial charge < -0.3 is 63.6 Å². The van der Waals surface area contributed by atoms with Crippen LogP contribution in [0.1, 0.15) is 66.7 Å². The Morgan fingerprint density at radius 1 is 0.567 bits per heavy atom. The predicted molar refractivity (Wildman–Crippen MR) is 171 cm³/mol. The zero-order valence-electron chi connectivity index (χ0n) is 32.1. The second-order valence-corrected chi connectivity index (χ2v) is 10.3. The van der Waals surface area contributed by atoms with Crippen molar-refractivity contribution in [3.8, 4) is 0 Å². The van der Waals surface area contributed by atoms with Gasteiger partial charge in [0.1, 0.15) is 0 Å². The van der Waals surface area contributed by atoms with Gasteiger partial charge in [0.2, 0.25) is 11.6 Å². The van der Waals surface area contributed by atoms with E-state index in [0.29, 0.717) is 0 Å². The number of aliphatic hydroxyl groups is 2. The van der Waals surface area contributed by atoms with E-state index in [1.54, 1.807) is 0 Å². The fourth-order valence-corrected chi connectivity index (χ4v) is 1.92. The van der Waals surface area contributed by atoms with E-state index in [9.17, 15) is 62.3 Å². The summed E-state index contributed by atoms with van der Waals surface area (Å²) in [6.45, 7) is 12.5. The van der Waals surface area contributed by atoms with E-state index in [-0.39, 0.29) is 132 Å². The van der Waals surface area contributed by atoms with E-state index in [1.807, 2.05) is 0 Å². The van der Waals surface area contributed by atoms with E-state index in [0.717, 1.165) is 11.8 Å². The number of ketones is 2. The first-order valence-corrected chi connectivity index (χ1v) is 13.5. The van der Waals surface area contributed by atoms with Crippen molar-refractivity contribution in [1.29, 1.82) is 0 Å². The molecule has 0 spiro atoms. The van der Waals surface area contributed by atoms with Crippen LogP contribution >= 0.6 is 0 Å². The van der Waals surface area contributed by atoms with Gasteiger partial charge in [-0.3, -0.25) is 9.59 Å². The van der Waals surface area contributed by atoms with Gasteiger partial charge in [0.15, 0.2) is 12.2 Å². The summed E-state index contributed by atoms with van der Waals surface area (Å²) in [4.78, 5) is 47.1. The second-order valence-electron chi connectivity index (χ2n) is 10.3. The quantitative estimate of drug-likeness (QED) is 0.0928. The van der Waals surface area contributed by atoms with Gasteiger partial charge in [-0.15, -0.1) is 30.3 Å².